The van der Waals surface area contributed by atoms with Crippen LogP contribution in [0.4, 0.5) is 0 Å². The van der Waals surface area contributed by atoms with Crippen LogP contribution >= 0.6 is 0 Å². The molecule has 14 aromatic carbocycles. The van der Waals surface area contributed by atoms with E-state index >= 15 is 0 Å². The van der Waals surface area contributed by atoms with Crippen molar-refractivity contribution in [2.24, 2.45) is 0 Å². The summed E-state index contributed by atoms with van der Waals surface area (Å²) < 4.78 is 2.44. The number of benzene rings is 14. The van der Waals surface area contributed by atoms with Crippen LogP contribution in [-0.4, -0.2) is 4.57 Å². The van der Waals surface area contributed by atoms with Crippen LogP contribution in [0.5, 0.6) is 0 Å². The molecule has 15 rings (SSSR count). The van der Waals surface area contributed by atoms with Gasteiger partial charge in [-0.15, -0.1) is 0 Å². The average molecular weight is 976 g/mol. The smallest absolute Gasteiger partial charge is 0.0541 e. The highest BCUT2D eigenvalue weighted by Crippen LogP contribution is 2.45. The molecule has 0 N–H and O–H groups in total. The van der Waals surface area contributed by atoms with Gasteiger partial charge in [-0.25, -0.2) is 0 Å². The Kier molecular flexibility index (Phi) is 10.6. The van der Waals surface area contributed by atoms with E-state index in [0.717, 1.165) is 5.69 Å². The Morgan fingerprint density at radius 3 is 0.935 bits per heavy atom. The van der Waals surface area contributed by atoms with Crippen LogP contribution in [0.25, 0.3) is 148 Å². The topological polar surface area (TPSA) is 4.93 Å². The zero-order valence-electron chi connectivity index (χ0n) is 42.2. The van der Waals surface area contributed by atoms with Crippen LogP contribution in [0.1, 0.15) is 0 Å². The standard InChI is InChI=1S/C76H49N/c1-3-15-57(16-4-1)75-67-21-11-12-22-68(67)76(58-17-5-2-6-18-58)72-49-63(37-42-69(72)75)56-35-40-66(41-36-56)77-73-43-38-64(54-27-23-52(24-28-54)61-33-31-50-13-7-9-19-59(50)45-61)47-70(73)71-48-65(39-44-74(71)77)55-29-25-53(26-30-55)62-34-32-51-14-8-10-20-60(51)46-62/h1-49H. The second-order valence-corrected chi connectivity index (χ2v) is 20.4. The Morgan fingerprint density at radius 1 is 0.169 bits per heavy atom. The summed E-state index contributed by atoms with van der Waals surface area (Å²) in [6.45, 7) is 0. The average Bonchev–Trinajstić information content (AvgIpc) is 3.96. The van der Waals surface area contributed by atoms with E-state index in [1.54, 1.807) is 0 Å². The SMILES string of the molecule is c1ccc(-c2c3ccccc3c(-c3ccccc3)c3cc(-c4ccc(-n5c6ccc(-c7ccc(-c8ccc9ccccc9c8)cc7)cc6c6cc(-c7ccc(-c8ccc9ccccc9c8)cc7)ccc65)cc4)ccc23)cc1. The predicted octanol–water partition coefficient (Wildman–Crippen LogP) is 21.1. The largest absolute Gasteiger partial charge is 0.309 e. The number of fused-ring (bicyclic) bond motifs is 7. The lowest BCUT2D eigenvalue weighted by Gasteiger charge is -2.19. The van der Waals surface area contributed by atoms with Crippen molar-refractivity contribution in [1.29, 1.82) is 0 Å². The highest BCUT2D eigenvalue weighted by atomic mass is 15.0. The van der Waals surface area contributed by atoms with Gasteiger partial charge >= 0.3 is 0 Å². The predicted molar refractivity (Wildman–Crippen MR) is 329 cm³/mol. The van der Waals surface area contributed by atoms with Gasteiger partial charge in [-0.2, -0.15) is 0 Å². The molecule has 77 heavy (non-hydrogen) atoms. The first kappa shape index (κ1) is 44.4. The molecule has 1 aromatic heterocycles. The highest BCUT2D eigenvalue weighted by molar-refractivity contribution is 6.22. The van der Waals surface area contributed by atoms with E-state index in [1.807, 2.05) is 0 Å². The molecule has 1 heteroatoms. The molecule has 0 amide bonds. The zero-order chi connectivity index (χ0) is 50.8. The molecule has 358 valence electrons. The maximum absolute atomic E-state index is 2.44. The third kappa shape index (κ3) is 7.79. The number of hydrogen-bond donors (Lipinski definition) is 0. The molecule has 0 aliphatic carbocycles. The molecule has 0 aliphatic heterocycles. The van der Waals surface area contributed by atoms with Gasteiger partial charge in [-0.3, -0.25) is 0 Å². The molecule has 15 aromatic rings. The quantitative estimate of drug-likeness (QED) is 0.134. The molecular formula is C76H49N. The van der Waals surface area contributed by atoms with Gasteiger partial charge < -0.3 is 4.57 Å². The summed E-state index contributed by atoms with van der Waals surface area (Å²) in [6, 6.07) is 110. The molecule has 0 saturated heterocycles. The van der Waals surface area contributed by atoms with Crippen LogP contribution in [-0.2, 0) is 0 Å². The van der Waals surface area contributed by atoms with Gasteiger partial charge in [0, 0.05) is 16.5 Å². The van der Waals surface area contributed by atoms with Crippen molar-refractivity contribution in [3.05, 3.63) is 297 Å². The molecular weight excluding hydrogens is 927 g/mol. The van der Waals surface area contributed by atoms with Crippen molar-refractivity contribution in [2.45, 2.75) is 0 Å². The van der Waals surface area contributed by atoms with E-state index in [-0.39, 0.29) is 0 Å². The van der Waals surface area contributed by atoms with Crippen LogP contribution in [0.2, 0.25) is 0 Å². The Balaban J connectivity index is 0.841. The molecule has 0 unspecified atom stereocenters. The third-order valence-electron chi connectivity index (χ3n) is 16.0. The fourth-order valence-electron chi connectivity index (χ4n) is 12.1. The highest BCUT2D eigenvalue weighted by Gasteiger charge is 2.19. The van der Waals surface area contributed by atoms with Crippen LogP contribution in [0, 0.1) is 0 Å². The summed E-state index contributed by atoms with van der Waals surface area (Å²) in [6.07, 6.45) is 0. The van der Waals surface area contributed by atoms with Gasteiger partial charge in [-0.1, -0.05) is 243 Å². The lowest BCUT2D eigenvalue weighted by molar-refractivity contribution is 1.18. The molecule has 1 nitrogen and oxygen atoms in total. The van der Waals surface area contributed by atoms with E-state index in [4.69, 9.17) is 0 Å². The first-order valence-electron chi connectivity index (χ1n) is 26.6. The molecule has 0 radical (unpaired) electrons. The van der Waals surface area contributed by atoms with E-state index < -0.39 is 0 Å². The summed E-state index contributed by atoms with van der Waals surface area (Å²) in [7, 11) is 0. The molecule has 0 fully saturated rings. The fraction of sp³-hybridized carbons (Fsp3) is 0. The summed E-state index contributed by atoms with van der Waals surface area (Å²) in [5.74, 6) is 0. The van der Waals surface area contributed by atoms with Crippen LogP contribution in [0.3, 0.4) is 0 Å². The van der Waals surface area contributed by atoms with Crippen molar-refractivity contribution in [3.8, 4) is 83.6 Å². The summed E-state index contributed by atoms with van der Waals surface area (Å²) in [4.78, 5) is 0. The Labute approximate surface area is 447 Å². The first-order valence-corrected chi connectivity index (χ1v) is 26.6. The Bertz CT molecular complexity index is 4560. The van der Waals surface area contributed by atoms with Crippen molar-refractivity contribution in [1.82, 2.24) is 4.57 Å². The number of hydrogen-bond acceptors (Lipinski definition) is 0. The maximum atomic E-state index is 2.44. The molecule has 0 saturated carbocycles. The minimum absolute atomic E-state index is 1.12. The van der Waals surface area contributed by atoms with Gasteiger partial charge in [0.15, 0.2) is 0 Å². The third-order valence-corrected chi connectivity index (χ3v) is 16.0. The summed E-state index contributed by atoms with van der Waals surface area (Å²) in [5, 5.41) is 12.5. The van der Waals surface area contributed by atoms with E-state index in [1.165, 1.54) is 143 Å². The molecule has 1 heterocycles. The van der Waals surface area contributed by atoms with Crippen molar-refractivity contribution in [3.63, 3.8) is 0 Å². The molecule has 0 spiro atoms. The minimum Gasteiger partial charge on any atom is -0.309 e. The lowest BCUT2D eigenvalue weighted by Crippen LogP contribution is -1.94. The molecule has 0 atom stereocenters. The van der Waals surface area contributed by atoms with Crippen LogP contribution in [0.15, 0.2) is 297 Å². The zero-order valence-corrected chi connectivity index (χ0v) is 42.2. The van der Waals surface area contributed by atoms with Gasteiger partial charge in [0.05, 0.1) is 11.0 Å². The van der Waals surface area contributed by atoms with Gasteiger partial charge in [0.25, 0.3) is 0 Å². The van der Waals surface area contributed by atoms with Gasteiger partial charge in [0.1, 0.15) is 0 Å². The minimum atomic E-state index is 1.12. The maximum Gasteiger partial charge on any atom is 0.0541 e. The van der Waals surface area contributed by atoms with E-state index in [2.05, 4.69) is 302 Å². The second-order valence-electron chi connectivity index (χ2n) is 20.4. The Hall–Kier alpha value is -10.1. The number of nitrogens with zero attached hydrogens (tertiary/aromatic N) is 1. The normalized spacial score (nSPS) is 11.6. The van der Waals surface area contributed by atoms with Crippen molar-refractivity contribution < 1.29 is 0 Å². The van der Waals surface area contributed by atoms with Gasteiger partial charge in [-0.05, 0) is 176 Å². The molecule has 0 bridgehead atoms. The Morgan fingerprint density at radius 2 is 0.481 bits per heavy atom. The monoisotopic (exact) mass is 975 g/mol. The summed E-state index contributed by atoms with van der Waals surface area (Å²) in [5.41, 5.74) is 20.4. The van der Waals surface area contributed by atoms with E-state index in [0.29, 0.717) is 0 Å². The van der Waals surface area contributed by atoms with E-state index in [9.17, 15) is 0 Å². The van der Waals surface area contributed by atoms with Gasteiger partial charge in [0.2, 0.25) is 0 Å². The first-order chi connectivity index (χ1) is 38.1. The fourth-order valence-corrected chi connectivity index (χ4v) is 12.1. The number of aromatic nitrogens is 1. The second kappa shape index (κ2) is 18.4. The van der Waals surface area contributed by atoms with Crippen molar-refractivity contribution >= 4 is 64.9 Å². The summed E-state index contributed by atoms with van der Waals surface area (Å²) >= 11 is 0. The molecule has 0 aliphatic rings. The van der Waals surface area contributed by atoms with Crippen molar-refractivity contribution in [2.75, 3.05) is 0 Å². The lowest BCUT2D eigenvalue weighted by atomic mass is 9.85. The van der Waals surface area contributed by atoms with Crippen LogP contribution < -0.4 is 0 Å². The number of rotatable bonds is 8.